The molecule has 0 spiro atoms. The molecule has 142 valence electrons. The first-order valence-corrected chi connectivity index (χ1v) is 9.29. The number of anilines is 2. The zero-order chi connectivity index (χ0) is 18.9. The number of likely N-dealkylation sites (N-methyl/N-ethyl adjacent to an activating group) is 2. The van der Waals surface area contributed by atoms with E-state index in [0.29, 0.717) is 5.82 Å². The van der Waals surface area contributed by atoms with E-state index in [1.54, 1.807) is 13.1 Å². The molecule has 1 aromatic rings. The van der Waals surface area contributed by atoms with Crippen molar-refractivity contribution in [2.24, 2.45) is 0 Å². The normalized spacial score (nSPS) is 17.0. The number of aromatic nitrogens is 1. The Bertz CT molecular complexity index is 618. The molecular weight excluding hydrogens is 326 g/mol. The molecule has 1 aliphatic rings. The lowest BCUT2D eigenvalue weighted by molar-refractivity contribution is -0.117. The van der Waals surface area contributed by atoms with Crippen molar-refractivity contribution in [3.05, 3.63) is 42.6 Å². The lowest BCUT2D eigenvalue weighted by Crippen LogP contribution is -2.44. The monoisotopic (exact) mass is 357 g/mol. The second-order valence-corrected chi connectivity index (χ2v) is 6.60. The first-order valence-electron chi connectivity index (χ1n) is 9.29. The summed E-state index contributed by atoms with van der Waals surface area (Å²) in [4.78, 5) is 21.7. The molecule has 1 saturated heterocycles. The number of hydrogen-bond donors (Lipinski definition) is 2. The van der Waals surface area contributed by atoms with E-state index in [1.807, 2.05) is 18.3 Å². The third-order valence-electron chi connectivity index (χ3n) is 4.66. The first-order chi connectivity index (χ1) is 12.6. The van der Waals surface area contributed by atoms with E-state index in [4.69, 9.17) is 0 Å². The summed E-state index contributed by atoms with van der Waals surface area (Å²) in [7, 11) is 3.91. The number of amides is 1. The third-order valence-corrected chi connectivity index (χ3v) is 4.66. The summed E-state index contributed by atoms with van der Waals surface area (Å²) in [5.74, 6) is 0.432. The summed E-state index contributed by atoms with van der Waals surface area (Å²) in [6.07, 6.45) is 7.57. The fourth-order valence-corrected chi connectivity index (χ4v) is 2.99. The minimum atomic E-state index is -0.432. The van der Waals surface area contributed by atoms with Crippen molar-refractivity contribution in [1.29, 1.82) is 0 Å². The van der Waals surface area contributed by atoms with Gasteiger partial charge in [-0.2, -0.15) is 0 Å². The molecule has 0 radical (unpaired) electrons. The average Bonchev–Trinajstić information content (AvgIpc) is 2.66. The molecule has 0 saturated carbocycles. The van der Waals surface area contributed by atoms with Crippen molar-refractivity contribution in [2.75, 3.05) is 50.5 Å². The maximum atomic E-state index is 12.6. The van der Waals surface area contributed by atoms with E-state index >= 15 is 0 Å². The number of hydrogen-bond acceptors (Lipinski definition) is 5. The minimum absolute atomic E-state index is 0.130. The number of pyridine rings is 1. The summed E-state index contributed by atoms with van der Waals surface area (Å²) < 4.78 is 0. The lowest BCUT2D eigenvalue weighted by Gasteiger charge is -2.33. The van der Waals surface area contributed by atoms with Gasteiger partial charge in [0.25, 0.3) is 0 Å². The van der Waals surface area contributed by atoms with Gasteiger partial charge in [0.05, 0.1) is 11.9 Å². The number of carbonyl (C=O) groups excluding carboxylic acids is 1. The van der Waals surface area contributed by atoms with Gasteiger partial charge in [0.15, 0.2) is 0 Å². The number of allylic oxidation sites excluding steroid dienone is 1. The second-order valence-electron chi connectivity index (χ2n) is 6.60. The fourth-order valence-electron chi connectivity index (χ4n) is 2.99. The van der Waals surface area contributed by atoms with Crippen LogP contribution in [0.15, 0.2) is 42.6 Å². The maximum Gasteiger partial charge on any atom is 0.247 e. The summed E-state index contributed by atoms with van der Waals surface area (Å²) >= 11 is 0. The van der Waals surface area contributed by atoms with Crippen LogP contribution in [0.2, 0.25) is 0 Å². The van der Waals surface area contributed by atoms with Crippen molar-refractivity contribution in [3.63, 3.8) is 0 Å². The van der Waals surface area contributed by atoms with Crippen LogP contribution in [0, 0.1) is 0 Å². The largest absolute Gasteiger partial charge is 0.368 e. The van der Waals surface area contributed by atoms with Crippen molar-refractivity contribution in [1.82, 2.24) is 15.2 Å². The Morgan fingerprint density at radius 1 is 1.35 bits per heavy atom. The maximum absolute atomic E-state index is 12.6. The van der Waals surface area contributed by atoms with E-state index in [0.717, 1.165) is 50.3 Å². The van der Waals surface area contributed by atoms with Gasteiger partial charge in [-0.3, -0.25) is 4.79 Å². The molecule has 1 aliphatic heterocycles. The van der Waals surface area contributed by atoms with Crippen LogP contribution in [0.3, 0.4) is 0 Å². The fraction of sp³-hybridized carbons (Fsp3) is 0.500. The topological polar surface area (TPSA) is 60.5 Å². The number of nitrogens with one attached hydrogen (secondary N) is 2. The third kappa shape index (κ3) is 5.41. The Kier molecular flexibility index (Phi) is 7.81. The number of unbranched alkanes of at least 4 members (excludes halogenated alkanes) is 1. The Morgan fingerprint density at radius 2 is 2.08 bits per heavy atom. The molecule has 2 heterocycles. The van der Waals surface area contributed by atoms with Crippen LogP contribution in [0.5, 0.6) is 0 Å². The van der Waals surface area contributed by atoms with Crippen molar-refractivity contribution in [3.8, 4) is 0 Å². The molecule has 2 N–H and O–H groups in total. The van der Waals surface area contributed by atoms with E-state index < -0.39 is 6.04 Å². The standard InChI is InChI=1S/C20H31N5O/c1-5-7-8-16(6-2)19(21-3)20(26)23-18-10-9-17(15-22-18)25-13-11-24(4)12-14-25/h6,8-10,15,19,21H,2,5,7,11-14H2,1,3-4H3,(H,22,23,26)/b16-8+. The summed E-state index contributed by atoms with van der Waals surface area (Å²) in [6, 6.07) is 3.45. The van der Waals surface area contributed by atoms with Crippen LogP contribution >= 0.6 is 0 Å². The predicted molar refractivity (Wildman–Crippen MR) is 109 cm³/mol. The zero-order valence-corrected chi connectivity index (χ0v) is 16.2. The molecule has 1 aromatic heterocycles. The molecule has 6 heteroatoms. The molecule has 1 amide bonds. The highest BCUT2D eigenvalue weighted by Gasteiger charge is 2.20. The van der Waals surface area contributed by atoms with Gasteiger partial charge in [0, 0.05) is 26.2 Å². The molecule has 1 unspecified atom stereocenters. The minimum Gasteiger partial charge on any atom is -0.368 e. The van der Waals surface area contributed by atoms with Gasteiger partial charge < -0.3 is 20.4 Å². The van der Waals surface area contributed by atoms with Crippen LogP contribution in [-0.4, -0.2) is 62.1 Å². The molecule has 2 rings (SSSR count). The molecule has 26 heavy (non-hydrogen) atoms. The summed E-state index contributed by atoms with van der Waals surface area (Å²) in [5, 5.41) is 5.95. The van der Waals surface area contributed by atoms with Crippen LogP contribution in [0.1, 0.15) is 19.8 Å². The Morgan fingerprint density at radius 3 is 2.62 bits per heavy atom. The SMILES string of the molecule is C=C/C(=C\CCC)C(NC)C(=O)Nc1ccc(N2CCN(C)CC2)cn1. The number of carbonyl (C=O) groups is 1. The number of piperazine rings is 1. The van der Waals surface area contributed by atoms with Crippen molar-refractivity contribution < 1.29 is 4.79 Å². The van der Waals surface area contributed by atoms with E-state index in [1.165, 1.54) is 0 Å². The molecule has 0 bridgehead atoms. The molecule has 0 aliphatic carbocycles. The van der Waals surface area contributed by atoms with E-state index in [-0.39, 0.29) is 5.91 Å². The quantitative estimate of drug-likeness (QED) is 0.699. The van der Waals surface area contributed by atoms with Gasteiger partial charge in [-0.15, -0.1) is 0 Å². The van der Waals surface area contributed by atoms with Crippen molar-refractivity contribution in [2.45, 2.75) is 25.8 Å². The highest BCUT2D eigenvalue weighted by atomic mass is 16.2. The summed E-state index contributed by atoms with van der Waals surface area (Å²) in [5.41, 5.74) is 1.98. The van der Waals surface area contributed by atoms with Gasteiger partial charge >= 0.3 is 0 Å². The first kappa shape index (κ1) is 20.1. The van der Waals surface area contributed by atoms with E-state index in [2.05, 4.69) is 52.0 Å². The van der Waals surface area contributed by atoms with E-state index in [9.17, 15) is 4.79 Å². The number of nitrogens with zero attached hydrogens (tertiary/aromatic N) is 3. The number of rotatable bonds is 8. The Labute approximate surface area is 157 Å². The molecule has 0 aromatic carbocycles. The molecule has 1 atom stereocenters. The zero-order valence-electron chi connectivity index (χ0n) is 16.2. The van der Waals surface area contributed by atoms with Crippen LogP contribution in [-0.2, 0) is 4.79 Å². The highest BCUT2D eigenvalue weighted by Crippen LogP contribution is 2.17. The van der Waals surface area contributed by atoms with Gasteiger partial charge in [-0.25, -0.2) is 4.98 Å². The Hall–Kier alpha value is -2.18. The van der Waals surface area contributed by atoms with Crippen molar-refractivity contribution >= 4 is 17.4 Å². The average molecular weight is 358 g/mol. The van der Waals surface area contributed by atoms with Gasteiger partial charge in [-0.1, -0.05) is 32.1 Å². The Balaban J connectivity index is 2.00. The van der Waals surface area contributed by atoms with Gasteiger partial charge in [-0.05, 0) is 38.2 Å². The van der Waals surface area contributed by atoms with Crippen LogP contribution < -0.4 is 15.5 Å². The molecule has 1 fully saturated rings. The molecule has 6 nitrogen and oxygen atoms in total. The van der Waals surface area contributed by atoms with Crippen LogP contribution in [0.25, 0.3) is 0 Å². The lowest BCUT2D eigenvalue weighted by atomic mass is 10.0. The highest BCUT2D eigenvalue weighted by molar-refractivity contribution is 5.96. The van der Waals surface area contributed by atoms with Gasteiger partial charge in [0.2, 0.25) is 5.91 Å². The second kappa shape index (κ2) is 10.1. The van der Waals surface area contributed by atoms with Crippen LogP contribution in [0.4, 0.5) is 11.5 Å². The van der Waals surface area contributed by atoms with Gasteiger partial charge in [0.1, 0.15) is 11.9 Å². The smallest absolute Gasteiger partial charge is 0.247 e. The molecular formula is C20H31N5O. The summed E-state index contributed by atoms with van der Waals surface area (Å²) in [6.45, 7) is 10.0. The predicted octanol–water partition coefficient (Wildman–Crippen LogP) is 2.27.